The largest absolute Gasteiger partial charge is 0.483 e. The number of rotatable bonds is 4. The van der Waals surface area contributed by atoms with Gasteiger partial charge in [0.25, 0.3) is 6.47 Å². The first-order valence-corrected chi connectivity index (χ1v) is 9.91. The quantitative estimate of drug-likeness (QED) is 0.715. The number of β-amino-alcohol motifs (C(OH)–C–C–N with tert-alkyl or cyclic N) is 1. The number of hydrogen-bond donors (Lipinski definition) is 2. The number of hydrogen-bond acceptors (Lipinski definition) is 5. The van der Waals surface area contributed by atoms with Crippen LogP contribution in [0.1, 0.15) is 12.0 Å². The van der Waals surface area contributed by atoms with E-state index in [9.17, 15) is 14.3 Å². The minimum Gasteiger partial charge on any atom is -0.483 e. The molecular formula is C21H23ClFN3O4. The molecule has 1 aromatic carbocycles. The van der Waals surface area contributed by atoms with Gasteiger partial charge in [-0.3, -0.25) is 9.59 Å². The fourth-order valence-corrected chi connectivity index (χ4v) is 4.15. The minimum absolute atomic E-state index is 0.0154. The van der Waals surface area contributed by atoms with Crippen molar-refractivity contribution in [3.63, 3.8) is 0 Å². The summed E-state index contributed by atoms with van der Waals surface area (Å²) < 4.78 is 14.1. The average molecular weight is 436 g/mol. The van der Waals surface area contributed by atoms with Crippen molar-refractivity contribution in [1.82, 2.24) is 9.88 Å². The van der Waals surface area contributed by atoms with Crippen LogP contribution in [0.4, 0.5) is 10.2 Å². The van der Waals surface area contributed by atoms with E-state index >= 15 is 0 Å². The Labute approximate surface area is 178 Å². The van der Waals surface area contributed by atoms with E-state index in [1.807, 2.05) is 24.3 Å². The molecule has 7 nitrogen and oxygen atoms in total. The number of amides is 1. The van der Waals surface area contributed by atoms with Gasteiger partial charge in [0, 0.05) is 37.4 Å². The van der Waals surface area contributed by atoms with Crippen molar-refractivity contribution >= 4 is 29.8 Å². The summed E-state index contributed by atoms with van der Waals surface area (Å²) >= 11 is 5.97. The SMILES string of the molecule is O=C(N1CCC(O)C1)C1(Cc2ccc(Cl)cc2)CN(c2ncccc2F)C1.O=CO. The Morgan fingerprint density at radius 3 is 2.53 bits per heavy atom. The molecule has 0 bridgehead atoms. The fourth-order valence-electron chi connectivity index (χ4n) is 4.02. The molecule has 0 radical (unpaired) electrons. The predicted octanol–water partition coefficient (Wildman–Crippen LogP) is 2.22. The van der Waals surface area contributed by atoms with Gasteiger partial charge in [-0.2, -0.15) is 0 Å². The standard InChI is InChI=1S/C20H21ClFN3O2.CH2O2/c21-15-5-3-14(4-6-15)10-20(19(27)24-9-7-16(26)11-24)12-25(13-20)18-17(22)2-1-8-23-18;2-1-3/h1-6,8,16,26H,7,9-13H2;1H,(H,2,3). The maximum absolute atomic E-state index is 14.1. The second kappa shape index (κ2) is 9.40. The number of halogens is 2. The number of benzene rings is 1. The molecule has 2 fully saturated rings. The Hall–Kier alpha value is -2.71. The van der Waals surface area contributed by atoms with Gasteiger partial charge in [0.05, 0.1) is 11.5 Å². The van der Waals surface area contributed by atoms with Crippen LogP contribution in [0.25, 0.3) is 0 Å². The first kappa shape index (κ1) is 22.0. The molecule has 1 aromatic heterocycles. The van der Waals surface area contributed by atoms with Gasteiger partial charge in [0.15, 0.2) is 11.6 Å². The molecule has 2 N–H and O–H groups in total. The van der Waals surface area contributed by atoms with Crippen molar-refractivity contribution in [2.24, 2.45) is 5.41 Å². The first-order valence-electron chi connectivity index (χ1n) is 9.54. The molecule has 1 unspecified atom stereocenters. The maximum atomic E-state index is 14.1. The monoisotopic (exact) mass is 435 g/mol. The second-order valence-electron chi connectivity index (χ2n) is 7.55. The highest BCUT2D eigenvalue weighted by atomic mass is 35.5. The molecule has 160 valence electrons. The topological polar surface area (TPSA) is 94.0 Å². The third kappa shape index (κ3) is 4.71. The summed E-state index contributed by atoms with van der Waals surface area (Å²) in [7, 11) is 0. The van der Waals surface area contributed by atoms with Gasteiger partial charge in [-0.05, 0) is 42.7 Å². The summed E-state index contributed by atoms with van der Waals surface area (Å²) in [6.07, 6.45) is 2.23. The van der Waals surface area contributed by atoms with E-state index in [2.05, 4.69) is 4.98 Å². The van der Waals surface area contributed by atoms with Crippen LogP contribution in [0.2, 0.25) is 5.02 Å². The predicted molar refractivity (Wildman–Crippen MR) is 110 cm³/mol. The Kier molecular flexibility index (Phi) is 6.89. The maximum Gasteiger partial charge on any atom is 0.290 e. The molecule has 2 aliphatic heterocycles. The van der Waals surface area contributed by atoms with E-state index in [4.69, 9.17) is 21.5 Å². The van der Waals surface area contributed by atoms with E-state index in [1.54, 1.807) is 22.1 Å². The lowest BCUT2D eigenvalue weighted by Gasteiger charge is -2.51. The molecule has 2 aliphatic rings. The molecule has 4 rings (SSSR count). The van der Waals surface area contributed by atoms with Gasteiger partial charge in [-0.1, -0.05) is 23.7 Å². The summed E-state index contributed by atoms with van der Waals surface area (Å²) in [6.45, 7) is 1.46. The van der Waals surface area contributed by atoms with Crippen molar-refractivity contribution < 1.29 is 24.2 Å². The third-order valence-electron chi connectivity index (χ3n) is 5.39. The van der Waals surface area contributed by atoms with Gasteiger partial charge < -0.3 is 20.0 Å². The van der Waals surface area contributed by atoms with E-state index < -0.39 is 11.5 Å². The van der Waals surface area contributed by atoms with E-state index in [-0.39, 0.29) is 24.0 Å². The van der Waals surface area contributed by atoms with Gasteiger partial charge in [0.1, 0.15) is 0 Å². The molecule has 2 aromatic rings. The fraction of sp³-hybridized carbons (Fsp3) is 0.381. The van der Waals surface area contributed by atoms with Crippen LogP contribution in [0, 0.1) is 11.2 Å². The number of nitrogens with zero attached hydrogens (tertiary/aromatic N) is 3. The zero-order chi connectivity index (χ0) is 21.7. The van der Waals surface area contributed by atoms with Crippen LogP contribution in [-0.4, -0.2) is 64.8 Å². The number of carboxylic acid groups (broad SMARTS) is 1. The van der Waals surface area contributed by atoms with Crippen molar-refractivity contribution in [2.45, 2.75) is 18.9 Å². The second-order valence-corrected chi connectivity index (χ2v) is 7.98. The molecule has 0 aliphatic carbocycles. The van der Waals surface area contributed by atoms with Crippen LogP contribution in [0.3, 0.4) is 0 Å². The highest BCUT2D eigenvalue weighted by Crippen LogP contribution is 2.40. The van der Waals surface area contributed by atoms with Crippen LogP contribution < -0.4 is 4.90 Å². The molecular weight excluding hydrogens is 413 g/mol. The molecule has 0 saturated carbocycles. The number of aliphatic hydroxyl groups is 1. The van der Waals surface area contributed by atoms with E-state index in [0.29, 0.717) is 44.0 Å². The zero-order valence-corrected chi connectivity index (χ0v) is 17.0. The highest BCUT2D eigenvalue weighted by Gasteiger charge is 2.52. The van der Waals surface area contributed by atoms with Crippen LogP contribution >= 0.6 is 11.6 Å². The molecule has 1 atom stereocenters. The van der Waals surface area contributed by atoms with Gasteiger partial charge >= 0.3 is 0 Å². The van der Waals surface area contributed by atoms with E-state index in [1.165, 1.54) is 6.07 Å². The highest BCUT2D eigenvalue weighted by molar-refractivity contribution is 6.30. The summed E-state index contributed by atoms with van der Waals surface area (Å²) in [5.74, 6) is -0.0956. The number of aliphatic hydroxyl groups excluding tert-OH is 1. The first-order chi connectivity index (χ1) is 14.4. The number of pyridine rings is 1. The summed E-state index contributed by atoms with van der Waals surface area (Å²) in [5, 5.41) is 17.3. The van der Waals surface area contributed by atoms with Crippen molar-refractivity contribution in [3.8, 4) is 0 Å². The number of carbonyl (C=O) groups excluding carboxylic acids is 1. The summed E-state index contributed by atoms with van der Waals surface area (Å²) in [4.78, 5) is 29.3. The average Bonchev–Trinajstić information content (AvgIpc) is 3.13. The number of carbonyl (C=O) groups is 2. The van der Waals surface area contributed by atoms with Crippen molar-refractivity contribution in [1.29, 1.82) is 0 Å². The normalized spacial score (nSPS) is 19.5. The molecule has 2 saturated heterocycles. The van der Waals surface area contributed by atoms with Gasteiger partial charge in [-0.25, -0.2) is 9.37 Å². The number of aromatic nitrogens is 1. The lowest BCUT2D eigenvalue weighted by molar-refractivity contribution is -0.143. The molecule has 0 spiro atoms. The van der Waals surface area contributed by atoms with Crippen molar-refractivity contribution in [3.05, 3.63) is 59.0 Å². The Morgan fingerprint density at radius 1 is 1.30 bits per heavy atom. The number of anilines is 1. The van der Waals surface area contributed by atoms with Gasteiger partial charge in [-0.15, -0.1) is 0 Å². The minimum atomic E-state index is -0.651. The summed E-state index contributed by atoms with van der Waals surface area (Å²) in [6, 6.07) is 10.4. The lowest BCUT2D eigenvalue weighted by atomic mass is 9.73. The Bertz CT molecular complexity index is 890. The number of likely N-dealkylation sites (tertiary alicyclic amines) is 1. The van der Waals surface area contributed by atoms with Crippen molar-refractivity contribution in [2.75, 3.05) is 31.1 Å². The zero-order valence-electron chi connectivity index (χ0n) is 16.2. The Morgan fingerprint density at radius 2 is 1.97 bits per heavy atom. The molecule has 30 heavy (non-hydrogen) atoms. The third-order valence-corrected chi connectivity index (χ3v) is 5.64. The molecule has 3 heterocycles. The lowest BCUT2D eigenvalue weighted by Crippen LogP contribution is -2.65. The van der Waals surface area contributed by atoms with E-state index in [0.717, 1.165) is 5.56 Å². The van der Waals surface area contributed by atoms with Crippen LogP contribution in [0.15, 0.2) is 42.6 Å². The molecule has 1 amide bonds. The Balaban J connectivity index is 0.000000806. The van der Waals surface area contributed by atoms with Crippen LogP contribution in [-0.2, 0) is 16.0 Å². The van der Waals surface area contributed by atoms with Gasteiger partial charge in [0.2, 0.25) is 5.91 Å². The molecule has 9 heteroatoms. The van der Waals surface area contributed by atoms with Crippen LogP contribution in [0.5, 0.6) is 0 Å². The summed E-state index contributed by atoms with van der Waals surface area (Å²) in [5.41, 5.74) is 0.357. The smallest absolute Gasteiger partial charge is 0.290 e.